The topological polar surface area (TPSA) is 34.1 Å². The van der Waals surface area contributed by atoms with Crippen molar-refractivity contribution >= 4 is 40.2 Å². The van der Waals surface area contributed by atoms with Crippen LogP contribution < -0.4 is 0 Å². The smallest absolute Gasteiger partial charge is 0.179 e. The van der Waals surface area contributed by atoms with Gasteiger partial charge < -0.3 is 0 Å². The molecule has 6 heteroatoms. The third-order valence-corrected chi connectivity index (χ3v) is 5.64. The lowest BCUT2D eigenvalue weighted by molar-refractivity contribution is 0.597. The Hall–Kier alpha value is -0.0400. The van der Waals surface area contributed by atoms with E-state index in [0.29, 0.717) is 10.6 Å². The fraction of sp³-hybridized carbons (Fsp3) is 0.333. The molecule has 0 aromatic heterocycles. The molecular weight excluding hydrogens is 268 g/mol. The highest BCUT2D eigenvalue weighted by Crippen LogP contribution is 2.11. The molecule has 0 N–H and O–H groups in total. The zero-order chi connectivity index (χ0) is 11.5. The summed E-state index contributed by atoms with van der Waals surface area (Å²) in [5.74, 6) is 0.477. The Morgan fingerprint density at radius 3 is 2.20 bits per heavy atom. The first-order valence-corrected chi connectivity index (χ1v) is 9.53. The van der Waals surface area contributed by atoms with E-state index in [1.54, 1.807) is 24.3 Å². The Labute approximate surface area is 101 Å². The number of sulfone groups is 1. The zero-order valence-corrected chi connectivity index (χ0v) is 11.6. The van der Waals surface area contributed by atoms with Gasteiger partial charge >= 0.3 is 0 Å². The molecule has 0 radical (unpaired) electrons. The first-order chi connectivity index (χ1) is 6.92. The molecule has 1 rings (SSSR count). The minimum atomic E-state index is -3.19. The molecule has 2 nitrogen and oxygen atoms in total. The van der Waals surface area contributed by atoms with Gasteiger partial charge in [0.1, 0.15) is 0 Å². The largest absolute Gasteiger partial charge is 0.224 e. The summed E-state index contributed by atoms with van der Waals surface area (Å²) in [7, 11) is -4.16. The van der Waals surface area contributed by atoms with Gasteiger partial charge in [0, 0.05) is 5.75 Å². The highest BCUT2D eigenvalue weighted by molar-refractivity contribution is 8.46. The van der Waals surface area contributed by atoms with Crippen molar-refractivity contribution in [2.24, 2.45) is 0 Å². The molecule has 0 heterocycles. The van der Waals surface area contributed by atoms with Gasteiger partial charge in [0.25, 0.3) is 0 Å². The molecule has 0 bridgehead atoms. The fourth-order valence-electron chi connectivity index (χ4n) is 1.06. The van der Waals surface area contributed by atoms with Crippen molar-refractivity contribution < 1.29 is 8.42 Å². The minimum Gasteiger partial charge on any atom is -0.224 e. The van der Waals surface area contributed by atoms with Crippen molar-refractivity contribution in [2.75, 3.05) is 11.5 Å². The number of hydrogen-bond acceptors (Lipinski definition) is 4. The Morgan fingerprint density at radius 2 is 1.73 bits per heavy atom. The van der Waals surface area contributed by atoms with Crippen LogP contribution in [0.2, 0.25) is 0 Å². The first-order valence-electron chi connectivity index (χ1n) is 4.33. The Balaban J connectivity index is 2.91. The van der Waals surface area contributed by atoms with Gasteiger partial charge in [-0.3, -0.25) is 0 Å². The molecule has 0 saturated carbocycles. The summed E-state index contributed by atoms with van der Waals surface area (Å²) in [6.07, 6.45) is 0. The third kappa shape index (κ3) is 4.14. The summed E-state index contributed by atoms with van der Waals surface area (Å²) in [5, 5.41) is 0. The van der Waals surface area contributed by atoms with Crippen LogP contribution in [-0.2, 0) is 40.2 Å². The lowest BCUT2D eigenvalue weighted by atomic mass is 10.2. The van der Waals surface area contributed by atoms with Crippen LogP contribution in [0, 0.1) is 6.92 Å². The van der Waals surface area contributed by atoms with Crippen LogP contribution in [0.4, 0.5) is 0 Å². The van der Waals surface area contributed by atoms with E-state index in [1.165, 1.54) is 0 Å². The van der Waals surface area contributed by atoms with Crippen molar-refractivity contribution in [3.05, 3.63) is 29.8 Å². The Bertz CT molecular complexity index is 489. The van der Waals surface area contributed by atoms with E-state index in [1.807, 2.05) is 6.92 Å². The van der Waals surface area contributed by atoms with Gasteiger partial charge in [-0.15, -0.1) is 8.01 Å². The molecule has 0 fully saturated rings. The second kappa shape index (κ2) is 5.34. The quantitative estimate of drug-likeness (QED) is 0.836. The molecule has 0 atom stereocenters. The van der Waals surface area contributed by atoms with Crippen molar-refractivity contribution in [3.63, 3.8) is 0 Å². The molecular formula is C9H12O2S4. The van der Waals surface area contributed by atoms with Gasteiger partial charge in [0.15, 0.2) is 9.84 Å². The lowest BCUT2D eigenvalue weighted by Gasteiger charge is -2.02. The van der Waals surface area contributed by atoms with Crippen LogP contribution in [0.1, 0.15) is 5.56 Å². The van der Waals surface area contributed by atoms with Crippen molar-refractivity contribution in [3.8, 4) is 0 Å². The van der Waals surface area contributed by atoms with E-state index in [-0.39, 0.29) is 5.75 Å². The van der Waals surface area contributed by atoms with Gasteiger partial charge in [-0.2, -0.15) is 0 Å². The van der Waals surface area contributed by atoms with Gasteiger partial charge in [-0.25, -0.2) is 8.42 Å². The predicted octanol–water partition coefficient (Wildman–Crippen LogP) is 1.04. The van der Waals surface area contributed by atoms with E-state index in [4.69, 9.17) is 22.4 Å². The summed E-state index contributed by atoms with van der Waals surface area (Å²) < 4.78 is 23.5. The molecule has 15 heavy (non-hydrogen) atoms. The maximum atomic E-state index is 11.8. The molecule has 0 aliphatic carbocycles. The van der Waals surface area contributed by atoms with Crippen molar-refractivity contribution in [1.29, 1.82) is 0 Å². The first kappa shape index (κ1) is 13.0. The number of benzene rings is 1. The van der Waals surface area contributed by atoms with E-state index >= 15 is 0 Å². The maximum absolute atomic E-state index is 11.8. The molecule has 84 valence electrons. The molecule has 0 unspecified atom stereocenters. The van der Waals surface area contributed by atoms with Crippen LogP contribution in [0.5, 0.6) is 0 Å². The van der Waals surface area contributed by atoms with E-state index in [0.717, 1.165) is 5.56 Å². The van der Waals surface area contributed by atoms with E-state index in [2.05, 4.69) is 0 Å². The number of thiol groups is 1. The standard InChI is InChI=1S/C9H12O2S4/c1-8-2-4-9(5-3-8)15(10,11)7-6-14(12)13/h2-5,14H,6-7H2,1H3. The highest BCUT2D eigenvalue weighted by atomic mass is 33.1. The summed E-state index contributed by atoms with van der Waals surface area (Å²) in [4.78, 5) is 0.356. The average Bonchev–Trinajstić information content (AvgIpc) is 2.16. The third-order valence-electron chi connectivity index (χ3n) is 1.92. The van der Waals surface area contributed by atoms with Gasteiger partial charge in [0.2, 0.25) is 0 Å². The maximum Gasteiger partial charge on any atom is 0.179 e. The molecule has 0 aliphatic heterocycles. The normalized spacial score (nSPS) is 11.9. The number of aryl methyl sites for hydroxylation is 1. The summed E-state index contributed by atoms with van der Waals surface area (Å²) in [6, 6.07) is 6.83. The predicted molar refractivity (Wildman–Crippen MR) is 71.6 cm³/mol. The number of rotatable bonds is 4. The zero-order valence-electron chi connectivity index (χ0n) is 8.21. The van der Waals surface area contributed by atoms with Gasteiger partial charge in [-0.05, 0) is 19.1 Å². The second-order valence-electron chi connectivity index (χ2n) is 3.19. The van der Waals surface area contributed by atoms with Crippen molar-refractivity contribution in [1.82, 2.24) is 0 Å². The molecule has 1 aromatic carbocycles. The van der Waals surface area contributed by atoms with Gasteiger partial charge in [0.05, 0.1) is 10.6 Å². The van der Waals surface area contributed by atoms with Crippen LogP contribution in [-0.4, -0.2) is 19.9 Å². The van der Waals surface area contributed by atoms with Crippen LogP contribution in [0.3, 0.4) is 0 Å². The fourth-order valence-corrected chi connectivity index (χ4v) is 4.74. The molecule has 0 aliphatic rings. The minimum absolute atomic E-state index is 0.0643. The van der Waals surface area contributed by atoms with Crippen LogP contribution >= 0.6 is 0 Å². The van der Waals surface area contributed by atoms with E-state index in [9.17, 15) is 8.42 Å². The van der Waals surface area contributed by atoms with Crippen LogP contribution in [0.25, 0.3) is 0 Å². The summed E-state index contributed by atoms with van der Waals surface area (Å²) in [5.41, 5.74) is 1.04. The molecule has 1 aromatic rings. The van der Waals surface area contributed by atoms with E-state index < -0.39 is 17.9 Å². The van der Waals surface area contributed by atoms with Gasteiger partial charge in [-0.1, -0.05) is 40.1 Å². The SMILES string of the molecule is Cc1ccc(S(=O)(=O)CC[SH](=S)=S)cc1. The molecule has 0 saturated heterocycles. The molecule has 0 amide bonds. The lowest BCUT2D eigenvalue weighted by Crippen LogP contribution is -2.10. The molecule has 0 spiro atoms. The van der Waals surface area contributed by atoms with Crippen LogP contribution in [0.15, 0.2) is 29.2 Å². The number of hydrogen-bond donors (Lipinski definition) is 1. The van der Waals surface area contributed by atoms with Crippen molar-refractivity contribution in [2.45, 2.75) is 11.8 Å². The monoisotopic (exact) mass is 280 g/mol. The second-order valence-corrected chi connectivity index (χ2v) is 9.75. The average molecular weight is 280 g/mol. The summed E-state index contributed by atoms with van der Waals surface area (Å²) in [6.45, 7) is 1.92. The summed E-state index contributed by atoms with van der Waals surface area (Å²) >= 11 is 9.67. The Morgan fingerprint density at radius 1 is 1.20 bits per heavy atom. The Kier molecular flexibility index (Phi) is 4.64. The highest BCUT2D eigenvalue weighted by Gasteiger charge is 2.12.